The molecule has 17 heavy (non-hydrogen) atoms. The number of likely N-dealkylation sites (N-methyl/N-ethyl adjacent to an activating group) is 1. The number of hydrogen-bond acceptors (Lipinski definition) is 4. The molecule has 0 aliphatic heterocycles. The summed E-state index contributed by atoms with van der Waals surface area (Å²) >= 11 is 0. The monoisotopic (exact) mass is 230 g/mol. The minimum absolute atomic E-state index is 0.219. The molecule has 2 rings (SSSR count). The van der Waals surface area contributed by atoms with E-state index in [0.29, 0.717) is 0 Å². The molecule has 0 radical (unpaired) electrons. The Kier molecular flexibility index (Phi) is 3.23. The molecule has 0 amide bonds. The summed E-state index contributed by atoms with van der Waals surface area (Å²) in [4.78, 5) is 17.3. The van der Waals surface area contributed by atoms with E-state index < -0.39 is 0 Å². The third kappa shape index (κ3) is 2.53. The fourth-order valence-electron chi connectivity index (χ4n) is 1.62. The van der Waals surface area contributed by atoms with Crippen LogP contribution in [0.25, 0.3) is 10.9 Å². The quantitative estimate of drug-likeness (QED) is 0.755. The fraction of sp³-hybridized carbons (Fsp3) is 0.231. The topological polar surface area (TPSA) is 42.4 Å². The summed E-state index contributed by atoms with van der Waals surface area (Å²) in [6, 6.07) is 9.88. The molecule has 1 aromatic heterocycles. The maximum absolute atomic E-state index is 11.2. The zero-order valence-electron chi connectivity index (χ0n) is 9.88. The third-order valence-electron chi connectivity index (χ3n) is 2.61. The van der Waals surface area contributed by atoms with Crippen LogP contribution in [0.2, 0.25) is 0 Å². The molecule has 1 heterocycles. The number of carbonyl (C=O) groups is 1. The first-order valence-corrected chi connectivity index (χ1v) is 5.33. The van der Waals surface area contributed by atoms with Gasteiger partial charge in [-0.15, -0.1) is 0 Å². The Labute approximate surface area is 99.8 Å². The Bertz CT molecular complexity index is 540. The van der Waals surface area contributed by atoms with Crippen molar-refractivity contribution >= 4 is 22.6 Å². The van der Waals surface area contributed by atoms with E-state index in [0.717, 1.165) is 16.6 Å². The first kappa shape index (κ1) is 11.4. The molecule has 2 aromatic rings. The molecule has 0 N–H and O–H groups in total. The minimum atomic E-state index is -0.263. The van der Waals surface area contributed by atoms with Gasteiger partial charge < -0.3 is 9.64 Å². The van der Waals surface area contributed by atoms with Crippen molar-refractivity contribution in [2.24, 2.45) is 0 Å². The second-order valence-electron chi connectivity index (χ2n) is 3.82. The summed E-state index contributed by atoms with van der Waals surface area (Å²) in [5.41, 5.74) is 1.84. The smallest absolute Gasteiger partial charge is 0.325 e. The Balaban J connectivity index is 2.26. The number of carbonyl (C=O) groups excluding carboxylic acids is 1. The van der Waals surface area contributed by atoms with Crippen LogP contribution in [-0.2, 0) is 9.53 Å². The lowest BCUT2D eigenvalue weighted by Gasteiger charge is -2.17. The van der Waals surface area contributed by atoms with E-state index >= 15 is 0 Å². The van der Waals surface area contributed by atoms with Gasteiger partial charge in [0, 0.05) is 12.4 Å². The van der Waals surface area contributed by atoms with Crippen LogP contribution >= 0.6 is 0 Å². The molecule has 0 aliphatic rings. The first-order valence-electron chi connectivity index (χ1n) is 5.33. The van der Waals surface area contributed by atoms with Crippen LogP contribution in [0.1, 0.15) is 0 Å². The van der Waals surface area contributed by atoms with Crippen molar-refractivity contribution in [3.8, 4) is 0 Å². The Hall–Kier alpha value is -2.10. The minimum Gasteiger partial charge on any atom is -0.468 e. The van der Waals surface area contributed by atoms with E-state index in [1.807, 2.05) is 42.3 Å². The average Bonchev–Trinajstić information content (AvgIpc) is 2.38. The van der Waals surface area contributed by atoms with Crippen LogP contribution in [-0.4, -0.2) is 31.7 Å². The number of methoxy groups -OCH3 is 1. The lowest BCUT2D eigenvalue weighted by Crippen LogP contribution is -2.26. The zero-order valence-corrected chi connectivity index (χ0v) is 9.88. The van der Waals surface area contributed by atoms with Gasteiger partial charge in [0.05, 0.1) is 24.5 Å². The summed E-state index contributed by atoms with van der Waals surface area (Å²) in [6.45, 7) is 0.219. The van der Waals surface area contributed by atoms with Crippen molar-refractivity contribution in [1.29, 1.82) is 0 Å². The van der Waals surface area contributed by atoms with E-state index in [1.165, 1.54) is 7.11 Å². The molecule has 0 saturated heterocycles. The predicted octanol–water partition coefficient (Wildman–Crippen LogP) is 1.84. The van der Waals surface area contributed by atoms with E-state index in [2.05, 4.69) is 9.72 Å². The summed E-state index contributed by atoms with van der Waals surface area (Å²) < 4.78 is 4.63. The highest BCUT2D eigenvalue weighted by Gasteiger charge is 2.08. The average molecular weight is 230 g/mol. The summed E-state index contributed by atoms with van der Waals surface area (Å²) in [5.74, 6) is -0.263. The lowest BCUT2D eigenvalue weighted by atomic mass is 10.2. The van der Waals surface area contributed by atoms with Crippen molar-refractivity contribution in [2.75, 3.05) is 25.6 Å². The second-order valence-corrected chi connectivity index (χ2v) is 3.82. The van der Waals surface area contributed by atoms with Gasteiger partial charge in [0.15, 0.2) is 0 Å². The molecule has 0 spiro atoms. The number of esters is 1. The third-order valence-corrected chi connectivity index (χ3v) is 2.61. The highest BCUT2D eigenvalue weighted by molar-refractivity contribution is 5.83. The van der Waals surface area contributed by atoms with Crippen molar-refractivity contribution in [2.45, 2.75) is 0 Å². The van der Waals surface area contributed by atoms with Gasteiger partial charge in [-0.1, -0.05) is 18.2 Å². The molecule has 0 fully saturated rings. The van der Waals surface area contributed by atoms with Crippen molar-refractivity contribution < 1.29 is 9.53 Å². The van der Waals surface area contributed by atoms with Crippen LogP contribution in [0.5, 0.6) is 0 Å². The summed E-state index contributed by atoms with van der Waals surface area (Å²) in [6.07, 6.45) is 1.76. The van der Waals surface area contributed by atoms with E-state index in [-0.39, 0.29) is 12.5 Å². The number of benzene rings is 1. The zero-order chi connectivity index (χ0) is 12.3. The van der Waals surface area contributed by atoms with Gasteiger partial charge in [0.2, 0.25) is 0 Å². The van der Waals surface area contributed by atoms with Crippen molar-refractivity contribution in [3.63, 3.8) is 0 Å². The number of rotatable bonds is 3. The van der Waals surface area contributed by atoms with Crippen LogP contribution in [0, 0.1) is 0 Å². The summed E-state index contributed by atoms with van der Waals surface area (Å²) in [7, 11) is 3.22. The molecule has 0 saturated carbocycles. The number of fused-ring (bicyclic) bond motifs is 1. The van der Waals surface area contributed by atoms with Gasteiger partial charge in [-0.2, -0.15) is 0 Å². The number of pyridine rings is 1. The maximum atomic E-state index is 11.2. The number of para-hydroxylation sites is 1. The molecule has 4 heteroatoms. The van der Waals surface area contributed by atoms with E-state index in [4.69, 9.17) is 0 Å². The van der Waals surface area contributed by atoms with Gasteiger partial charge in [0.1, 0.15) is 6.54 Å². The lowest BCUT2D eigenvalue weighted by molar-refractivity contribution is -0.138. The van der Waals surface area contributed by atoms with Gasteiger partial charge in [0.25, 0.3) is 0 Å². The van der Waals surface area contributed by atoms with Crippen LogP contribution in [0.3, 0.4) is 0 Å². The number of aromatic nitrogens is 1. The number of nitrogens with zero attached hydrogens (tertiary/aromatic N) is 2. The second kappa shape index (κ2) is 4.82. The van der Waals surface area contributed by atoms with Crippen molar-refractivity contribution in [1.82, 2.24) is 4.98 Å². The van der Waals surface area contributed by atoms with Gasteiger partial charge in [-0.05, 0) is 12.1 Å². The van der Waals surface area contributed by atoms with Gasteiger partial charge in [-0.3, -0.25) is 9.78 Å². The largest absolute Gasteiger partial charge is 0.468 e. The Morgan fingerprint density at radius 1 is 1.41 bits per heavy atom. The van der Waals surface area contributed by atoms with Crippen LogP contribution < -0.4 is 4.90 Å². The number of ether oxygens (including phenoxy) is 1. The molecular weight excluding hydrogens is 216 g/mol. The standard InChI is InChI=1S/C13H14N2O2/c1-15(9-13(16)17-2)11-7-10-5-3-4-6-12(10)14-8-11/h3-8H,9H2,1-2H3. The number of hydrogen-bond donors (Lipinski definition) is 0. The molecule has 4 nitrogen and oxygen atoms in total. The molecule has 0 bridgehead atoms. The maximum Gasteiger partial charge on any atom is 0.325 e. The Morgan fingerprint density at radius 3 is 2.94 bits per heavy atom. The fourth-order valence-corrected chi connectivity index (χ4v) is 1.62. The van der Waals surface area contributed by atoms with Crippen LogP contribution in [0.4, 0.5) is 5.69 Å². The molecule has 0 atom stereocenters. The molecule has 88 valence electrons. The van der Waals surface area contributed by atoms with Gasteiger partial charge in [-0.25, -0.2) is 0 Å². The summed E-state index contributed by atoms with van der Waals surface area (Å²) in [5, 5.41) is 1.06. The SMILES string of the molecule is COC(=O)CN(C)c1cnc2ccccc2c1. The number of anilines is 1. The molecule has 0 unspecified atom stereocenters. The normalized spacial score (nSPS) is 10.2. The highest BCUT2D eigenvalue weighted by Crippen LogP contribution is 2.18. The molecular formula is C13H14N2O2. The molecule has 0 aliphatic carbocycles. The van der Waals surface area contributed by atoms with Gasteiger partial charge >= 0.3 is 5.97 Å². The Morgan fingerprint density at radius 2 is 2.18 bits per heavy atom. The molecule has 1 aromatic carbocycles. The van der Waals surface area contributed by atoms with Crippen molar-refractivity contribution in [3.05, 3.63) is 36.5 Å². The van der Waals surface area contributed by atoms with E-state index in [9.17, 15) is 4.79 Å². The van der Waals surface area contributed by atoms with E-state index in [1.54, 1.807) is 6.20 Å². The van der Waals surface area contributed by atoms with Crippen LogP contribution in [0.15, 0.2) is 36.5 Å². The highest BCUT2D eigenvalue weighted by atomic mass is 16.5. The first-order chi connectivity index (χ1) is 8.20. The predicted molar refractivity (Wildman–Crippen MR) is 67.0 cm³/mol.